The molecule has 1 N–H and O–H groups in total. The molecule has 122 valence electrons. The van der Waals surface area contributed by atoms with Crippen LogP contribution in [0.4, 0.5) is 5.69 Å². The van der Waals surface area contributed by atoms with Gasteiger partial charge in [0.1, 0.15) is 0 Å². The summed E-state index contributed by atoms with van der Waals surface area (Å²) < 4.78 is 1.66. The van der Waals surface area contributed by atoms with Crippen molar-refractivity contribution in [3.8, 4) is 0 Å². The van der Waals surface area contributed by atoms with Crippen LogP contribution in [0.2, 0.25) is 0 Å². The molecule has 1 amide bonds. The first kappa shape index (κ1) is 15.1. The average Bonchev–Trinajstić information content (AvgIpc) is 3.11. The molecule has 1 heterocycles. The minimum Gasteiger partial charge on any atom is -0.320 e. The van der Waals surface area contributed by atoms with Crippen LogP contribution in [0.1, 0.15) is 16.1 Å². The second kappa shape index (κ2) is 6.57. The van der Waals surface area contributed by atoms with Gasteiger partial charge in [-0.15, -0.1) is 5.10 Å². The molecule has 0 fully saturated rings. The van der Waals surface area contributed by atoms with Crippen LogP contribution >= 0.6 is 0 Å². The molecule has 0 atom stereocenters. The third-order valence-corrected chi connectivity index (χ3v) is 4.00. The van der Waals surface area contributed by atoms with Gasteiger partial charge in [-0.05, 0) is 17.0 Å². The van der Waals surface area contributed by atoms with Crippen molar-refractivity contribution in [1.82, 2.24) is 15.0 Å². The fourth-order valence-corrected chi connectivity index (χ4v) is 2.77. The molecule has 4 rings (SSSR count). The number of aromatic nitrogens is 3. The summed E-state index contributed by atoms with van der Waals surface area (Å²) in [5, 5.41) is 13.0. The third kappa shape index (κ3) is 3.26. The van der Waals surface area contributed by atoms with Gasteiger partial charge in [-0.3, -0.25) is 4.79 Å². The number of carbonyl (C=O) groups is 1. The minimum atomic E-state index is -0.268. The normalized spacial score (nSPS) is 10.7. The predicted molar refractivity (Wildman–Crippen MR) is 97.5 cm³/mol. The molecule has 0 bridgehead atoms. The van der Waals surface area contributed by atoms with Crippen LogP contribution < -0.4 is 5.32 Å². The predicted octanol–water partition coefficient (Wildman–Crippen LogP) is 3.73. The molecule has 0 spiro atoms. The summed E-state index contributed by atoms with van der Waals surface area (Å²) in [5.74, 6) is -0.268. The lowest BCUT2D eigenvalue weighted by Crippen LogP contribution is -2.12. The van der Waals surface area contributed by atoms with Crippen LogP contribution in [0.15, 0.2) is 79.0 Å². The molecule has 0 saturated carbocycles. The summed E-state index contributed by atoms with van der Waals surface area (Å²) in [6.45, 7) is 0.579. The maximum Gasteiger partial charge on any atom is 0.277 e. The highest BCUT2D eigenvalue weighted by Crippen LogP contribution is 2.23. The van der Waals surface area contributed by atoms with Gasteiger partial charge in [0.05, 0.1) is 12.7 Å². The number of carbonyl (C=O) groups excluding carboxylic acids is 1. The van der Waals surface area contributed by atoms with Gasteiger partial charge in [0.15, 0.2) is 5.69 Å². The molecule has 5 heteroatoms. The van der Waals surface area contributed by atoms with Crippen LogP contribution in [0, 0.1) is 0 Å². The first-order valence-corrected chi connectivity index (χ1v) is 8.03. The van der Waals surface area contributed by atoms with Crippen molar-refractivity contribution in [2.75, 3.05) is 5.32 Å². The van der Waals surface area contributed by atoms with Crippen molar-refractivity contribution in [3.05, 3.63) is 90.3 Å². The van der Waals surface area contributed by atoms with Gasteiger partial charge in [-0.25, -0.2) is 4.68 Å². The summed E-state index contributed by atoms with van der Waals surface area (Å²) in [6, 6.07) is 23.7. The van der Waals surface area contributed by atoms with E-state index in [1.165, 1.54) is 0 Å². The van der Waals surface area contributed by atoms with Crippen LogP contribution in [-0.4, -0.2) is 20.9 Å². The van der Waals surface area contributed by atoms with E-state index in [4.69, 9.17) is 0 Å². The number of fused-ring (bicyclic) bond motifs is 1. The Morgan fingerprint density at radius 2 is 1.68 bits per heavy atom. The number of nitrogens with zero attached hydrogens (tertiary/aromatic N) is 3. The summed E-state index contributed by atoms with van der Waals surface area (Å²) >= 11 is 0. The molecule has 25 heavy (non-hydrogen) atoms. The molecular formula is C20H16N4O. The van der Waals surface area contributed by atoms with Gasteiger partial charge in [-0.1, -0.05) is 71.9 Å². The molecule has 4 aromatic rings. The van der Waals surface area contributed by atoms with E-state index in [0.717, 1.165) is 22.0 Å². The fraction of sp³-hybridized carbons (Fsp3) is 0.0500. The first-order chi connectivity index (χ1) is 12.3. The summed E-state index contributed by atoms with van der Waals surface area (Å²) in [7, 11) is 0. The highest BCUT2D eigenvalue weighted by molar-refractivity contribution is 6.08. The van der Waals surface area contributed by atoms with Crippen LogP contribution in [0.3, 0.4) is 0 Å². The van der Waals surface area contributed by atoms with Gasteiger partial charge in [0.25, 0.3) is 5.91 Å². The largest absolute Gasteiger partial charge is 0.320 e. The summed E-state index contributed by atoms with van der Waals surface area (Å²) in [4.78, 5) is 12.5. The number of rotatable bonds is 4. The Morgan fingerprint density at radius 1 is 0.920 bits per heavy atom. The molecule has 0 radical (unpaired) electrons. The summed E-state index contributed by atoms with van der Waals surface area (Å²) in [5.41, 5.74) is 2.16. The third-order valence-electron chi connectivity index (χ3n) is 4.00. The lowest BCUT2D eigenvalue weighted by Gasteiger charge is -2.07. The molecule has 0 aliphatic rings. The van der Waals surface area contributed by atoms with E-state index < -0.39 is 0 Å². The molecule has 3 aromatic carbocycles. The molecule has 1 aromatic heterocycles. The molecule has 0 aliphatic carbocycles. The van der Waals surface area contributed by atoms with E-state index in [0.29, 0.717) is 12.2 Å². The van der Waals surface area contributed by atoms with Gasteiger partial charge < -0.3 is 5.32 Å². The van der Waals surface area contributed by atoms with Crippen LogP contribution in [0.25, 0.3) is 10.8 Å². The highest BCUT2D eigenvalue weighted by atomic mass is 16.2. The lowest BCUT2D eigenvalue weighted by molar-refractivity contribution is 0.102. The Hall–Kier alpha value is -3.47. The second-order valence-corrected chi connectivity index (χ2v) is 5.77. The molecule has 0 unspecified atom stereocenters. The van der Waals surface area contributed by atoms with E-state index in [1.807, 2.05) is 72.8 Å². The van der Waals surface area contributed by atoms with Gasteiger partial charge >= 0.3 is 0 Å². The number of hydrogen-bond donors (Lipinski definition) is 1. The van der Waals surface area contributed by atoms with E-state index in [2.05, 4.69) is 15.6 Å². The van der Waals surface area contributed by atoms with Gasteiger partial charge in [-0.2, -0.15) is 0 Å². The minimum absolute atomic E-state index is 0.268. The highest BCUT2D eigenvalue weighted by Gasteiger charge is 2.12. The maximum atomic E-state index is 12.5. The fourth-order valence-electron chi connectivity index (χ4n) is 2.77. The Bertz CT molecular complexity index is 1020. The van der Waals surface area contributed by atoms with Gasteiger partial charge in [0, 0.05) is 11.1 Å². The van der Waals surface area contributed by atoms with E-state index in [-0.39, 0.29) is 5.91 Å². The molecule has 5 nitrogen and oxygen atoms in total. The lowest BCUT2D eigenvalue weighted by atomic mass is 10.1. The number of anilines is 1. The standard InChI is InChI=1S/C20H16N4O/c25-20(21-18-12-6-10-16-9-4-5-11-17(16)18)19-14-24(23-22-19)13-15-7-2-1-3-8-15/h1-12,14H,13H2,(H,21,25). The van der Waals surface area contributed by atoms with Gasteiger partial charge in [0.2, 0.25) is 0 Å². The zero-order valence-corrected chi connectivity index (χ0v) is 13.5. The number of benzene rings is 3. The number of amides is 1. The van der Waals surface area contributed by atoms with Crippen molar-refractivity contribution >= 4 is 22.4 Å². The Labute approximate surface area is 144 Å². The van der Waals surface area contributed by atoms with Crippen molar-refractivity contribution in [3.63, 3.8) is 0 Å². The Morgan fingerprint density at radius 3 is 2.56 bits per heavy atom. The first-order valence-electron chi connectivity index (χ1n) is 8.03. The van der Waals surface area contributed by atoms with Crippen molar-refractivity contribution in [1.29, 1.82) is 0 Å². The number of hydrogen-bond acceptors (Lipinski definition) is 3. The maximum absolute atomic E-state index is 12.5. The van der Waals surface area contributed by atoms with E-state index in [9.17, 15) is 4.79 Å². The molecule has 0 saturated heterocycles. The average molecular weight is 328 g/mol. The van der Waals surface area contributed by atoms with E-state index >= 15 is 0 Å². The van der Waals surface area contributed by atoms with Crippen molar-refractivity contribution < 1.29 is 4.79 Å². The SMILES string of the molecule is O=C(Nc1cccc2ccccc12)c1cn(Cc2ccccc2)nn1. The Balaban J connectivity index is 1.53. The van der Waals surface area contributed by atoms with Crippen molar-refractivity contribution in [2.24, 2.45) is 0 Å². The number of nitrogens with one attached hydrogen (secondary N) is 1. The Kier molecular flexibility index (Phi) is 3.96. The topological polar surface area (TPSA) is 59.8 Å². The zero-order valence-electron chi connectivity index (χ0n) is 13.5. The monoisotopic (exact) mass is 328 g/mol. The molecule has 0 aliphatic heterocycles. The van der Waals surface area contributed by atoms with E-state index in [1.54, 1.807) is 10.9 Å². The van der Waals surface area contributed by atoms with Crippen LogP contribution in [0.5, 0.6) is 0 Å². The van der Waals surface area contributed by atoms with Crippen molar-refractivity contribution in [2.45, 2.75) is 6.54 Å². The summed E-state index contributed by atoms with van der Waals surface area (Å²) in [6.07, 6.45) is 1.66. The second-order valence-electron chi connectivity index (χ2n) is 5.77. The quantitative estimate of drug-likeness (QED) is 0.621. The smallest absolute Gasteiger partial charge is 0.277 e. The molecular weight excluding hydrogens is 312 g/mol. The van der Waals surface area contributed by atoms with Crippen LogP contribution in [-0.2, 0) is 6.54 Å². The zero-order chi connectivity index (χ0) is 17.1.